The zero-order valence-corrected chi connectivity index (χ0v) is 5.48. The fraction of sp³-hybridized carbons (Fsp3) is 0. The van der Waals surface area contributed by atoms with E-state index in [0.717, 1.165) is 6.08 Å². The van der Waals surface area contributed by atoms with Gasteiger partial charge in [0.25, 0.3) is 0 Å². The van der Waals surface area contributed by atoms with Gasteiger partial charge in [-0.25, -0.2) is 8.78 Å². The van der Waals surface area contributed by atoms with Gasteiger partial charge in [0.15, 0.2) is 0 Å². The van der Waals surface area contributed by atoms with Crippen LogP contribution in [0.25, 0.3) is 0 Å². The highest BCUT2D eigenvalue weighted by Crippen LogP contribution is 2.04. The lowest BCUT2D eigenvalue weighted by molar-refractivity contribution is 0.633. The first kappa shape index (κ1) is 8.82. The van der Waals surface area contributed by atoms with Gasteiger partial charge in [-0.2, -0.15) is 0 Å². The minimum absolute atomic E-state index is 0.674. The van der Waals surface area contributed by atoms with Gasteiger partial charge in [-0.05, 0) is 6.08 Å². The topological polar surface area (TPSA) is 0 Å². The molecule has 0 aliphatic heterocycles. The molecule has 0 aromatic carbocycles. The van der Waals surface area contributed by atoms with Gasteiger partial charge in [0.05, 0.1) is 0 Å². The summed E-state index contributed by atoms with van der Waals surface area (Å²) in [5.74, 6) is -1.47. The van der Waals surface area contributed by atoms with Crippen molar-refractivity contribution in [1.82, 2.24) is 0 Å². The van der Waals surface area contributed by atoms with E-state index in [0.29, 0.717) is 6.08 Å². The second kappa shape index (κ2) is 4.68. The van der Waals surface area contributed by atoms with Crippen molar-refractivity contribution in [3.63, 3.8) is 0 Å². The maximum atomic E-state index is 12.3. The van der Waals surface area contributed by atoms with Gasteiger partial charge in [0.2, 0.25) is 0 Å². The summed E-state index contributed by atoms with van der Waals surface area (Å²) in [5.41, 5.74) is 0. The molecule has 10 heavy (non-hydrogen) atoms. The maximum absolute atomic E-state index is 12.3. The van der Waals surface area contributed by atoms with Crippen molar-refractivity contribution < 1.29 is 8.78 Å². The number of allylic oxidation sites excluding steroid dienone is 6. The molecule has 0 spiro atoms. The van der Waals surface area contributed by atoms with Crippen molar-refractivity contribution >= 4 is 0 Å². The van der Waals surface area contributed by atoms with Gasteiger partial charge in [0, 0.05) is 6.08 Å². The molecule has 0 heterocycles. The third kappa shape index (κ3) is 4.97. The quantitative estimate of drug-likeness (QED) is 0.531. The number of hydrogen-bond donors (Lipinski definition) is 0. The van der Waals surface area contributed by atoms with Crippen LogP contribution in [0.2, 0.25) is 0 Å². The highest BCUT2D eigenvalue weighted by atomic mass is 19.1. The zero-order chi connectivity index (χ0) is 7.98. The first-order valence-electron chi connectivity index (χ1n) is 2.67. The molecule has 0 aliphatic carbocycles. The van der Waals surface area contributed by atoms with Gasteiger partial charge in [-0.15, -0.1) is 0 Å². The van der Waals surface area contributed by atoms with E-state index in [1.54, 1.807) is 0 Å². The molecule has 0 aromatic heterocycles. The van der Waals surface area contributed by atoms with Gasteiger partial charge in [0.1, 0.15) is 11.7 Å². The third-order valence-electron chi connectivity index (χ3n) is 0.686. The maximum Gasteiger partial charge on any atom is 0.126 e. The molecular weight excluding hydrogens is 134 g/mol. The van der Waals surface area contributed by atoms with Crippen molar-refractivity contribution in [2.45, 2.75) is 0 Å². The van der Waals surface area contributed by atoms with Crippen LogP contribution < -0.4 is 0 Å². The molecule has 0 unspecified atom stereocenters. The normalized spacial score (nSPS) is 12.0. The van der Waals surface area contributed by atoms with Crippen molar-refractivity contribution in [2.75, 3.05) is 0 Å². The highest BCUT2D eigenvalue weighted by Gasteiger charge is 1.87. The largest absolute Gasteiger partial charge is 0.208 e. The SMILES string of the molecule is C=C/C=C/C(F)=C\C(=C)F. The van der Waals surface area contributed by atoms with Crippen LogP contribution in [-0.4, -0.2) is 0 Å². The predicted octanol–water partition coefficient (Wildman–Crippen LogP) is 3.07. The number of rotatable bonds is 3. The smallest absolute Gasteiger partial charge is 0.126 e. The van der Waals surface area contributed by atoms with Gasteiger partial charge in [-0.3, -0.25) is 0 Å². The Morgan fingerprint density at radius 2 is 1.90 bits per heavy atom. The molecule has 2 heteroatoms. The molecule has 0 aromatic rings. The lowest BCUT2D eigenvalue weighted by Crippen LogP contribution is -1.65. The van der Waals surface area contributed by atoms with Gasteiger partial charge < -0.3 is 0 Å². The van der Waals surface area contributed by atoms with Crippen molar-refractivity contribution in [3.05, 3.63) is 49.1 Å². The Kier molecular flexibility index (Phi) is 4.12. The molecule has 0 radical (unpaired) electrons. The molecule has 0 rings (SSSR count). The van der Waals surface area contributed by atoms with E-state index in [9.17, 15) is 8.78 Å². The Morgan fingerprint density at radius 1 is 1.30 bits per heavy atom. The number of hydrogen-bond acceptors (Lipinski definition) is 0. The van der Waals surface area contributed by atoms with Crippen LogP contribution in [0.1, 0.15) is 0 Å². The van der Waals surface area contributed by atoms with E-state index in [1.807, 2.05) is 0 Å². The Labute approximate surface area is 58.9 Å². The summed E-state index contributed by atoms with van der Waals surface area (Å²) in [6.45, 7) is 6.18. The molecule has 0 saturated heterocycles. The van der Waals surface area contributed by atoms with E-state index in [2.05, 4.69) is 13.2 Å². The predicted molar refractivity (Wildman–Crippen MR) is 38.8 cm³/mol. The second-order valence-electron chi connectivity index (χ2n) is 1.57. The van der Waals surface area contributed by atoms with Crippen molar-refractivity contribution in [2.24, 2.45) is 0 Å². The molecule has 0 bridgehead atoms. The Balaban J connectivity index is 4.06. The summed E-state index contributed by atoms with van der Waals surface area (Å²) in [4.78, 5) is 0. The first-order valence-corrected chi connectivity index (χ1v) is 2.67. The van der Waals surface area contributed by atoms with Crippen molar-refractivity contribution in [1.29, 1.82) is 0 Å². The van der Waals surface area contributed by atoms with E-state index in [4.69, 9.17) is 0 Å². The minimum Gasteiger partial charge on any atom is -0.208 e. The summed E-state index contributed by atoms with van der Waals surface area (Å²) >= 11 is 0. The third-order valence-corrected chi connectivity index (χ3v) is 0.686. The fourth-order valence-corrected chi connectivity index (χ4v) is 0.358. The molecule has 0 atom stereocenters. The van der Waals surface area contributed by atoms with Crippen LogP contribution in [0.3, 0.4) is 0 Å². The van der Waals surface area contributed by atoms with Crippen LogP contribution in [0, 0.1) is 0 Å². The summed E-state index contributed by atoms with van der Waals surface area (Å²) in [7, 11) is 0. The molecule has 0 amide bonds. The highest BCUT2D eigenvalue weighted by molar-refractivity contribution is 5.21. The average molecular weight is 142 g/mol. The van der Waals surface area contributed by atoms with Crippen LogP contribution in [0.5, 0.6) is 0 Å². The summed E-state index contributed by atoms with van der Waals surface area (Å²) in [5, 5.41) is 0. The van der Waals surface area contributed by atoms with Crippen LogP contribution in [0.15, 0.2) is 49.1 Å². The Morgan fingerprint density at radius 3 is 2.30 bits per heavy atom. The second-order valence-corrected chi connectivity index (χ2v) is 1.57. The molecule has 0 saturated carbocycles. The fourth-order valence-electron chi connectivity index (χ4n) is 0.358. The molecule has 0 fully saturated rings. The summed E-state index contributed by atoms with van der Waals surface area (Å²) in [6, 6.07) is 0. The monoisotopic (exact) mass is 142 g/mol. The average Bonchev–Trinajstić information content (AvgIpc) is 1.82. The van der Waals surface area contributed by atoms with Crippen LogP contribution in [0.4, 0.5) is 8.78 Å². The van der Waals surface area contributed by atoms with Gasteiger partial charge in [-0.1, -0.05) is 25.3 Å². The summed E-state index contributed by atoms with van der Waals surface area (Å²) < 4.78 is 24.1. The van der Waals surface area contributed by atoms with Gasteiger partial charge >= 0.3 is 0 Å². The minimum atomic E-state index is -0.800. The van der Waals surface area contributed by atoms with E-state index in [-0.39, 0.29) is 0 Å². The lowest BCUT2D eigenvalue weighted by Gasteiger charge is -1.82. The van der Waals surface area contributed by atoms with Crippen LogP contribution in [-0.2, 0) is 0 Å². The van der Waals surface area contributed by atoms with E-state index in [1.165, 1.54) is 12.2 Å². The Hall–Kier alpha value is -1.18. The summed E-state index contributed by atoms with van der Waals surface area (Å²) in [6.07, 6.45) is 4.56. The standard InChI is InChI=1S/C8H8F2/c1-3-4-5-8(10)6-7(2)9/h3-6H,1-2H2/b5-4+,8-6+. The zero-order valence-electron chi connectivity index (χ0n) is 5.48. The van der Waals surface area contributed by atoms with E-state index >= 15 is 0 Å². The Bertz CT molecular complexity index is 187. The molecule has 0 nitrogen and oxygen atoms in total. The molecule has 0 N–H and O–H groups in total. The number of halogens is 2. The van der Waals surface area contributed by atoms with E-state index < -0.39 is 11.7 Å². The first-order chi connectivity index (χ1) is 4.66. The lowest BCUT2D eigenvalue weighted by atomic mass is 10.4. The molecule has 0 aliphatic rings. The van der Waals surface area contributed by atoms with Crippen molar-refractivity contribution in [3.8, 4) is 0 Å². The van der Waals surface area contributed by atoms with Crippen LogP contribution >= 0.6 is 0 Å². The molecular formula is C8H8F2. The molecule has 54 valence electrons.